The van der Waals surface area contributed by atoms with Gasteiger partial charge in [0.2, 0.25) is 0 Å². The first kappa shape index (κ1) is 36.2. The number of hydrogen-bond acceptors (Lipinski definition) is 9. The molecule has 0 radical (unpaired) electrons. The summed E-state index contributed by atoms with van der Waals surface area (Å²) >= 11 is 0. The van der Waals surface area contributed by atoms with Crippen LogP contribution in [0, 0.1) is 45.3 Å². The molecule has 0 saturated heterocycles. The Kier molecular flexibility index (Phi) is 8.44. The zero-order valence-corrected chi connectivity index (χ0v) is 30.2. The van der Waals surface area contributed by atoms with Crippen molar-refractivity contribution >= 4 is 34.7 Å². The van der Waals surface area contributed by atoms with Gasteiger partial charge in [0.1, 0.15) is 28.6 Å². The summed E-state index contributed by atoms with van der Waals surface area (Å²) in [6.45, 7) is 22.8. The zero-order chi connectivity index (χ0) is 36.3. The van der Waals surface area contributed by atoms with Crippen molar-refractivity contribution in [2.45, 2.75) is 109 Å². The molecule has 0 bridgehead atoms. The Morgan fingerprint density at radius 2 is 1.15 bits per heavy atom. The highest BCUT2D eigenvalue weighted by Gasteiger charge is 2.62. The van der Waals surface area contributed by atoms with E-state index in [1.165, 1.54) is 27.7 Å². The summed E-state index contributed by atoms with van der Waals surface area (Å²) in [7, 11) is 0. The molecule has 256 valence electrons. The van der Waals surface area contributed by atoms with E-state index in [9.17, 15) is 39.0 Å². The van der Waals surface area contributed by atoms with Gasteiger partial charge < -0.3 is 14.9 Å². The minimum absolute atomic E-state index is 0.0717. The number of fused-ring (bicyclic) bond motifs is 1. The maximum atomic E-state index is 14.2. The van der Waals surface area contributed by atoms with Crippen molar-refractivity contribution < 1.29 is 43.7 Å². The Bertz CT molecular complexity index is 1650. The second kappa shape index (κ2) is 11.0. The molecule has 1 aliphatic heterocycles. The fourth-order valence-corrected chi connectivity index (χ4v) is 8.22. The van der Waals surface area contributed by atoms with Crippen molar-refractivity contribution in [1.82, 2.24) is 0 Å². The van der Waals surface area contributed by atoms with Crippen LogP contribution >= 0.6 is 0 Å². The van der Waals surface area contributed by atoms with E-state index >= 15 is 0 Å². The van der Waals surface area contributed by atoms with Crippen LogP contribution in [0.2, 0.25) is 0 Å². The Morgan fingerprint density at radius 1 is 0.681 bits per heavy atom. The molecular formula is C38H50O9. The van der Waals surface area contributed by atoms with Crippen LogP contribution in [0.1, 0.15) is 130 Å². The lowest BCUT2D eigenvalue weighted by Crippen LogP contribution is -2.59. The third kappa shape index (κ3) is 4.77. The molecule has 2 atom stereocenters. The van der Waals surface area contributed by atoms with Crippen LogP contribution in [0.25, 0.3) is 0 Å². The smallest absolute Gasteiger partial charge is 0.175 e. The molecule has 4 rings (SSSR count). The standard InChI is InChI=1S/C38H50O9/c1-15(2)18(22-29(42)35(7,8)33(45)36(9,10)30(22)43)20-26(40)21-19(16(3)4)23-31(44)37(11,12)34(46)38(13,14)32(23)47-28(21)24(27(20)41)25(39)17(5)6/h15-19,22,40-41H,1-14H3/t18-,19-/m1/s1. The van der Waals surface area contributed by atoms with Gasteiger partial charge in [-0.25, -0.2) is 0 Å². The van der Waals surface area contributed by atoms with E-state index in [1.807, 2.05) is 13.8 Å². The summed E-state index contributed by atoms with van der Waals surface area (Å²) in [4.78, 5) is 83.4. The van der Waals surface area contributed by atoms with Gasteiger partial charge in [0.05, 0.1) is 27.6 Å². The van der Waals surface area contributed by atoms with Gasteiger partial charge in [-0.15, -0.1) is 0 Å². The maximum absolute atomic E-state index is 14.2. The van der Waals surface area contributed by atoms with E-state index in [1.54, 1.807) is 55.4 Å². The number of phenols is 2. The summed E-state index contributed by atoms with van der Waals surface area (Å²) < 4.78 is 6.41. The van der Waals surface area contributed by atoms with E-state index < -0.39 is 91.7 Å². The molecule has 2 N–H and O–H groups in total. The molecule has 0 unspecified atom stereocenters. The molecule has 9 heteroatoms. The molecular weight excluding hydrogens is 600 g/mol. The molecule has 1 saturated carbocycles. The number of carbonyl (C=O) groups is 6. The summed E-state index contributed by atoms with van der Waals surface area (Å²) in [5.41, 5.74) is -5.91. The minimum atomic E-state index is -1.53. The largest absolute Gasteiger partial charge is 0.507 e. The quantitative estimate of drug-likeness (QED) is 0.254. The predicted octanol–water partition coefficient (Wildman–Crippen LogP) is 6.66. The van der Waals surface area contributed by atoms with Crippen molar-refractivity contribution in [1.29, 1.82) is 0 Å². The van der Waals surface area contributed by atoms with Crippen LogP contribution < -0.4 is 4.74 Å². The van der Waals surface area contributed by atoms with Gasteiger partial charge in [-0.2, -0.15) is 0 Å². The number of hydrogen-bond donors (Lipinski definition) is 2. The third-order valence-electron chi connectivity index (χ3n) is 10.8. The normalized spacial score (nSPS) is 24.1. The molecule has 2 aliphatic carbocycles. The lowest BCUT2D eigenvalue weighted by atomic mass is 9.54. The topological polar surface area (TPSA) is 152 Å². The first-order valence-corrected chi connectivity index (χ1v) is 16.5. The van der Waals surface area contributed by atoms with E-state index in [2.05, 4.69) is 0 Å². The first-order chi connectivity index (χ1) is 21.2. The molecule has 9 nitrogen and oxygen atoms in total. The monoisotopic (exact) mass is 650 g/mol. The average Bonchev–Trinajstić information content (AvgIpc) is 2.96. The van der Waals surface area contributed by atoms with Crippen LogP contribution in [-0.2, 0) is 24.0 Å². The average molecular weight is 651 g/mol. The lowest BCUT2D eigenvalue weighted by molar-refractivity contribution is -0.161. The number of allylic oxidation sites excluding steroid dienone is 2. The number of Topliss-reactive ketones (excluding diaryl/α,β-unsaturated/α-hetero) is 6. The first-order valence-electron chi connectivity index (χ1n) is 16.5. The fourth-order valence-electron chi connectivity index (χ4n) is 8.22. The highest BCUT2D eigenvalue weighted by Crippen LogP contribution is 2.61. The van der Waals surface area contributed by atoms with Crippen LogP contribution in [0.4, 0.5) is 0 Å². The highest BCUT2D eigenvalue weighted by molar-refractivity contribution is 6.28. The van der Waals surface area contributed by atoms with Crippen molar-refractivity contribution in [3.8, 4) is 17.2 Å². The lowest BCUT2D eigenvalue weighted by Gasteiger charge is -2.47. The van der Waals surface area contributed by atoms with Crippen molar-refractivity contribution in [2.24, 2.45) is 45.3 Å². The van der Waals surface area contributed by atoms with Crippen molar-refractivity contribution in [3.05, 3.63) is 28.0 Å². The molecule has 47 heavy (non-hydrogen) atoms. The third-order valence-corrected chi connectivity index (χ3v) is 10.8. The fraction of sp³-hybridized carbons (Fsp3) is 0.632. The second-order valence-electron chi connectivity index (χ2n) is 16.8. The Morgan fingerprint density at radius 3 is 1.57 bits per heavy atom. The van der Waals surface area contributed by atoms with Gasteiger partial charge >= 0.3 is 0 Å². The predicted molar refractivity (Wildman–Crippen MR) is 175 cm³/mol. The molecule has 3 aliphatic rings. The molecule has 1 aromatic carbocycles. The van der Waals surface area contributed by atoms with Crippen molar-refractivity contribution in [3.63, 3.8) is 0 Å². The summed E-state index contributed by atoms with van der Waals surface area (Å²) in [6.07, 6.45) is 0. The molecule has 0 amide bonds. The summed E-state index contributed by atoms with van der Waals surface area (Å²) in [5, 5.41) is 24.5. The van der Waals surface area contributed by atoms with Gasteiger partial charge in [-0.3, -0.25) is 28.8 Å². The van der Waals surface area contributed by atoms with Gasteiger partial charge in [-0.1, -0.05) is 41.5 Å². The number of carbonyl (C=O) groups excluding carboxylic acids is 6. The summed E-state index contributed by atoms with van der Waals surface area (Å²) in [6, 6.07) is 0. The Balaban J connectivity index is 2.19. The number of ketones is 6. The van der Waals surface area contributed by atoms with E-state index in [4.69, 9.17) is 4.74 Å². The van der Waals surface area contributed by atoms with E-state index in [0.29, 0.717) is 0 Å². The number of benzene rings is 1. The maximum Gasteiger partial charge on any atom is 0.175 e. The number of rotatable bonds is 6. The van der Waals surface area contributed by atoms with E-state index in [0.717, 1.165) is 0 Å². The van der Waals surface area contributed by atoms with Crippen LogP contribution in [0.3, 0.4) is 0 Å². The number of ether oxygens (including phenoxy) is 1. The number of aromatic hydroxyl groups is 2. The SMILES string of the molecule is CC(C)C(=O)c1c(O)c([C@@H](C(C)C)C2C(=O)C(C)(C)C(=O)C(C)(C)C2=O)c(O)c2c1OC1=C(C(=O)C(C)(C)C(=O)C1(C)C)[C@@H]2C(C)C. The zero-order valence-electron chi connectivity index (χ0n) is 30.2. The van der Waals surface area contributed by atoms with E-state index in [-0.39, 0.29) is 45.5 Å². The van der Waals surface area contributed by atoms with Crippen LogP contribution in [-0.4, -0.2) is 44.9 Å². The minimum Gasteiger partial charge on any atom is -0.507 e. The van der Waals surface area contributed by atoms with Gasteiger partial charge in [-0.05, 0) is 67.2 Å². The summed E-state index contributed by atoms with van der Waals surface area (Å²) in [5.74, 6) is -9.38. The molecule has 1 fully saturated rings. The van der Waals surface area contributed by atoms with Crippen LogP contribution in [0.15, 0.2) is 11.3 Å². The Hall–Kier alpha value is -3.62. The molecule has 0 spiro atoms. The van der Waals surface area contributed by atoms with Crippen LogP contribution in [0.5, 0.6) is 17.2 Å². The highest BCUT2D eigenvalue weighted by atomic mass is 16.5. The second-order valence-corrected chi connectivity index (χ2v) is 16.8. The molecule has 0 aromatic heterocycles. The van der Waals surface area contributed by atoms with Gasteiger partial charge in [0.15, 0.2) is 34.7 Å². The Labute approximate surface area is 277 Å². The van der Waals surface area contributed by atoms with Gasteiger partial charge in [0.25, 0.3) is 0 Å². The number of phenolic OH excluding ortho intramolecular Hbond substituents is 2. The van der Waals surface area contributed by atoms with Gasteiger partial charge in [0, 0.05) is 34.5 Å². The van der Waals surface area contributed by atoms with Crippen molar-refractivity contribution in [2.75, 3.05) is 0 Å². The molecule has 1 aromatic rings. The molecule has 1 heterocycles.